The summed E-state index contributed by atoms with van der Waals surface area (Å²) in [5.74, 6) is 0.730. The third-order valence-electron chi connectivity index (χ3n) is 5.12. The Morgan fingerprint density at radius 2 is 1.89 bits per heavy atom. The van der Waals surface area contributed by atoms with Crippen molar-refractivity contribution in [2.75, 3.05) is 37.6 Å². The van der Waals surface area contributed by atoms with Gasteiger partial charge in [0.25, 0.3) is 0 Å². The number of rotatable bonds is 5. The van der Waals surface area contributed by atoms with Crippen molar-refractivity contribution >= 4 is 11.6 Å². The van der Waals surface area contributed by atoms with Crippen LogP contribution in [0.15, 0.2) is 47.1 Å². The van der Waals surface area contributed by atoms with Gasteiger partial charge in [0.1, 0.15) is 5.82 Å². The lowest BCUT2D eigenvalue weighted by Gasteiger charge is -2.37. The van der Waals surface area contributed by atoms with Crippen LogP contribution in [0.3, 0.4) is 0 Å². The number of amides is 1. The van der Waals surface area contributed by atoms with E-state index in [0.29, 0.717) is 6.54 Å². The maximum absolute atomic E-state index is 13.1. The van der Waals surface area contributed by atoms with Gasteiger partial charge in [-0.3, -0.25) is 4.79 Å². The molecule has 0 radical (unpaired) electrons. The summed E-state index contributed by atoms with van der Waals surface area (Å²) in [5.41, 5.74) is 0.635. The topological polar surface area (TPSA) is 49.9 Å². The molecule has 1 aromatic heterocycles. The number of hydrogen-bond acceptors (Lipinski definition) is 3. The van der Waals surface area contributed by atoms with Crippen molar-refractivity contribution < 1.29 is 18.5 Å². The SMILES string of the molecule is CC(C)(C)C(=O)NC[C@H](c1ccco1)[NH+]1CCN(c2ccc(F)cc2)CC1. The van der Waals surface area contributed by atoms with Gasteiger partial charge < -0.3 is 19.5 Å². The molecule has 1 saturated heterocycles. The lowest BCUT2D eigenvalue weighted by Crippen LogP contribution is -3.15. The number of anilines is 1. The number of nitrogens with one attached hydrogen (secondary N) is 2. The van der Waals surface area contributed by atoms with Crippen LogP contribution in [-0.2, 0) is 4.79 Å². The van der Waals surface area contributed by atoms with E-state index in [1.807, 2.05) is 45.0 Å². The van der Waals surface area contributed by atoms with E-state index >= 15 is 0 Å². The quantitative estimate of drug-likeness (QED) is 0.842. The normalized spacial score (nSPS) is 17.0. The molecule has 1 aromatic carbocycles. The molecule has 146 valence electrons. The molecule has 1 aliphatic heterocycles. The molecule has 0 spiro atoms. The highest BCUT2D eigenvalue weighted by Gasteiger charge is 2.32. The van der Waals surface area contributed by atoms with E-state index in [4.69, 9.17) is 4.42 Å². The number of furan rings is 1. The molecule has 3 rings (SSSR count). The number of nitrogens with zero attached hydrogens (tertiary/aromatic N) is 1. The van der Waals surface area contributed by atoms with E-state index in [2.05, 4.69) is 10.2 Å². The van der Waals surface area contributed by atoms with Gasteiger partial charge in [-0.25, -0.2) is 4.39 Å². The minimum absolute atomic E-state index is 0.0448. The Labute approximate surface area is 160 Å². The third kappa shape index (κ3) is 4.89. The van der Waals surface area contributed by atoms with Gasteiger partial charge in [-0.15, -0.1) is 0 Å². The van der Waals surface area contributed by atoms with Gasteiger partial charge in [-0.2, -0.15) is 0 Å². The highest BCUT2D eigenvalue weighted by atomic mass is 19.1. The molecule has 0 unspecified atom stereocenters. The summed E-state index contributed by atoms with van der Waals surface area (Å²) in [4.78, 5) is 16.0. The Hall–Kier alpha value is -2.34. The van der Waals surface area contributed by atoms with Crippen LogP contribution in [-0.4, -0.2) is 38.6 Å². The van der Waals surface area contributed by atoms with E-state index in [0.717, 1.165) is 37.6 Å². The number of halogens is 1. The number of quaternary nitrogens is 1. The first-order valence-corrected chi connectivity index (χ1v) is 9.51. The maximum Gasteiger partial charge on any atom is 0.225 e. The molecule has 1 aliphatic rings. The third-order valence-corrected chi connectivity index (χ3v) is 5.12. The van der Waals surface area contributed by atoms with Crippen LogP contribution in [0.4, 0.5) is 10.1 Å². The van der Waals surface area contributed by atoms with E-state index in [-0.39, 0.29) is 17.8 Å². The summed E-state index contributed by atoms with van der Waals surface area (Å²) in [6.45, 7) is 9.91. The van der Waals surface area contributed by atoms with Crippen LogP contribution in [0.2, 0.25) is 0 Å². The van der Waals surface area contributed by atoms with Crippen molar-refractivity contribution in [1.29, 1.82) is 0 Å². The minimum Gasteiger partial charge on any atom is -0.463 e. The average molecular weight is 374 g/mol. The Bertz CT molecular complexity index is 730. The second-order valence-electron chi connectivity index (χ2n) is 8.15. The first-order valence-electron chi connectivity index (χ1n) is 9.51. The lowest BCUT2D eigenvalue weighted by molar-refractivity contribution is -0.932. The molecule has 0 saturated carbocycles. The fourth-order valence-corrected chi connectivity index (χ4v) is 3.45. The fourth-order valence-electron chi connectivity index (χ4n) is 3.45. The van der Waals surface area contributed by atoms with Crippen molar-refractivity contribution in [3.05, 3.63) is 54.2 Å². The van der Waals surface area contributed by atoms with Crippen molar-refractivity contribution in [3.8, 4) is 0 Å². The molecule has 2 heterocycles. The van der Waals surface area contributed by atoms with Gasteiger partial charge >= 0.3 is 0 Å². The first-order chi connectivity index (χ1) is 12.8. The van der Waals surface area contributed by atoms with Crippen LogP contribution in [0.1, 0.15) is 32.6 Å². The molecular formula is C21H29FN3O2+. The molecule has 6 heteroatoms. The molecule has 1 fully saturated rings. The second kappa shape index (κ2) is 8.13. The number of benzene rings is 1. The highest BCUT2D eigenvalue weighted by Crippen LogP contribution is 2.17. The summed E-state index contributed by atoms with van der Waals surface area (Å²) < 4.78 is 18.8. The summed E-state index contributed by atoms with van der Waals surface area (Å²) in [7, 11) is 0. The van der Waals surface area contributed by atoms with Crippen LogP contribution >= 0.6 is 0 Å². The number of piperazine rings is 1. The van der Waals surface area contributed by atoms with E-state index in [1.165, 1.54) is 17.0 Å². The van der Waals surface area contributed by atoms with Crippen LogP contribution in [0.25, 0.3) is 0 Å². The van der Waals surface area contributed by atoms with Crippen molar-refractivity contribution in [3.63, 3.8) is 0 Å². The number of hydrogen-bond donors (Lipinski definition) is 2. The van der Waals surface area contributed by atoms with Gasteiger partial charge in [0, 0.05) is 11.1 Å². The zero-order valence-corrected chi connectivity index (χ0v) is 16.3. The molecule has 2 aromatic rings. The van der Waals surface area contributed by atoms with Crippen molar-refractivity contribution in [1.82, 2.24) is 5.32 Å². The standard InChI is InChI=1S/C21H28FN3O2/c1-21(2,3)20(26)23-15-18(19-5-4-14-27-19)25-12-10-24(11-13-25)17-8-6-16(22)7-9-17/h4-9,14,18H,10-13,15H2,1-3H3,(H,23,26)/p+1/t18-/m1/s1. The zero-order valence-electron chi connectivity index (χ0n) is 16.3. The molecule has 0 aliphatic carbocycles. The van der Waals surface area contributed by atoms with Gasteiger partial charge in [0.2, 0.25) is 5.91 Å². The Morgan fingerprint density at radius 3 is 2.44 bits per heavy atom. The second-order valence-corrected chi connectivity index (χ2v) is 8.15. The van der Waals surface area contributed by atoms with E-state index < -0.39 is 5.41 Å². The predicted molar refractivity (Wildman–Crippen MR) is 103 cm³/mol. The minimum atomic E-state index is -0.412. The molecule has 0 bridgehead atoms. The van der Waals surface area contributed by atoms with Crippen LogP contribution < -0.4 is 15.1 Å². The largest absolute Gasteiger partial charge is 0.463 e. The first kappa shape index (κ1) is 19.4. The van der Waals surface area contributed by atoms with Gasteiger partial charge in [-0.1, -0.05) is 20.8 Å². The Morgan fingerprint density at radius 1 is 1.22 bits per heavy atom. The fraction of sp³-hybridized carbons (Fsp3) is 0.476. The van der Waals surface area contributed by atoms with E-state index in [9.17, 15) is 9.18 Å². The number of carbonyl (C=O) groups excluding carboxylic acids is 1. The van der Waals surface area contributed by atoms with Crippen LogP contribution in [0, 0.1) is 11.2 Å². The maximum atomic E-state index is 13.1. The summed E-state index contributed by atoms with van der Waals surface area (Å²) in [6, 6.07) is 10.6. The van der Waals surface area contributed by atoms with E-state index in [1.54, 1.807) is 6.26 Å². The lowest BCUT2D eigenvalue weighted by atomic mass is 9.95. The monoisotopic (exact) mass is 374 g/mol. The van der Waals surface area contributed by atoms with Crippen LogP contribution in [0.5, 0.6) is 0 Å². The molecule has 5 nitrogen and oxygen atoms in total. The highest BCUT2D eigenvalue weighted by molar-refractivity contribution is 5.81. The summed E-state index contributed by atoms with van der Waals surface area (Å²) in [6.07, 6.45) is 1.68. The van der Waals surface area contributed by atoms with Gasteiger partial charge in [-0.05, 0) is 36.4 Å². The zero-order chi connectivity index (χ0) is 19.4. The molecule has 1 atom stereocenters. The summed E-state index contributed by atoms with van der Waals surface area (Å²) >= 11 is 0. The predicted octanol–water partition coefficient (Wildman–Crippen LogP) is 2.03. The Balaban J connectivity index is 1.64. The Kier molecular flexibility index (Phi) is 5.85. The smallest absolute Gasteiger partial charge is 0.225 e. The average Bonchev–Trinajstić information content (AvgIpc) is 3.16. The molecular weight excluding hydrogens is 345 g/mol. The molecule has 1 amide bonds. The van der Waals surface area contributed by atoms with Gasteiger partial charge in [0.15, 0.2) is 11.8 Å². The van der Waals surface area contributed by atoms with Crippen molar-refractivity contribution in [2.45, 2.75) is 26.8 Å². The molecule has 27 heavy (non-hydrogen) atoms. The number of carbonyl (C=O) groups is 1. The van der Waals surface area contributed by atoms with Gasteiger partial charge in [0.05, 0.1) is 39.0 Å². The van der Waals surface area contributed by atoms with Crippen molar-refractivity contribution in [2.24, 2.45) is 5.41 Å². The molecule has 2 N–H and O–H groups in total. The summed E-state index contributed by atoms with van der Waals surface area (Å²) in [5, 5.41) is 3.08.